The molecule has 0 spiro atoms. The number of halogens is 1. The summed E-state index contributed by atoms with van der Waals surface area (Å²) in [5.41, 5.74) is 8.99. The van der Waals surface area contributed by atoms with E-state index in [2.05, 4.69) is 31.7 Å². The minimum Gasteiger partial charge on any atom is -0.370 e. The van der Waals surface area contributed by atoms with Gasteiger partial charge in [-0.05, 0) is 36.3 Å². The van der Waals surface area contributed by atoms with Crippen molar-refractivity contribution in [2.24, 2.45) is 11.1 Å². The largest absolute Gasteiger partial charge is 0.370 e. The monoisotopic (exact) mass is 280 g/mol. The zero-order valence-electron chi connectivity index (χ0n) is 12.2. The van der Waals surface area contributed by atoms with E-state index in [0.717, 1.165) is 31.0 Å². The van der Waals surface area contributed by atoms with Gasteiger partial charge in [0.15, 0.2) is 0 Å². The summed E-state index contributed by atoms with van der Waals surface area (Å²) in [6.07, 6.45) is 3.12. The summed E-state index contributed by atoms with van der Waals surface area (Å²) < 4.78 is 0. The highest BCUT2D eigenvalue weighted by Crippen LogP contribution is 2.38. The predicted octanol–water partition coefficient (Wildman–Crippen LogP) is 3.86. The number of hydrogen-bond donors (Lipinski definition) is 1. The third-order valence-electron chi connectivity index (χ3n) is 4.07. The van der Waals surface area contributed by atoms with E-state index in [4.69, 9.17) is 17.3 Å². The quantitative estimate of drug-likeness (QED) is 0.907. The van der Waals surface area contributed by atoms with Gasteiger partial charge in [-0.2, -0.15) is 0 Å². The minimum atomic E-state index is 0.216. The van der Waals surface area contributed by atoms with Crippen LogP contribution in [0.5, 0.6) is 0 Å². The van der Waals surface area contributed by atoms with E-state index in [1.807, 2.05) is 12.1 Å². The molecular weight excluding hydrogens is 256 g/mol. The molecule has 1 aliphatic rings. The van der Waals surface area contributed by atoms with Crippen LogP contribution in [0.2, 0.25) is 5.02 Å². The van der Waals surface area contributed by atoms with Crippen molar-refractivity contribution in [1.82, 2.24) is 0 Å². The second kappa shape index (κ2) is 5.72. The van der Waals surface area contributed by atoms with Crippen molar-refractivity contribution >= 4 is 17.3 Å². The van der Waals surface area contributed by atoms with Crippen molar-refractivity contribution in [2.45, 2.75) is 46.1 Å². The van der Waals surface area contributed by atoms with Crippen molar-refractivity contribution in [2.75, 3.05) is 18.0 Å². The van der Waals surface area contributed by atoms with E-state index in [-0.39, 0.29) is 6.04 Å². The lowest BCUT2D eigenvalue weighted by Gasteiger charge is -2.26. The Hall–Kier alpha value is -0.730. The van der Waals surface area contributed by atoms with Gasteiger partial charge in [-0.1, -0.05) is 44.5 Å². The number of rotatable bonds is 4. The van der Waals surface area contributed by atoms with Crippen molar-refractivity contribution in [3.63, 3.8) is 0 Å². The second-order valence-corrected chi connectivity index (χ2v) is 6.86. The first-order valence-electron chi connectivity index (χ1n) is 7.21. The number of nitrogens with zero attached hydrogens (tertiary/aromatic N) is 1. The summed E-state index contributed by atoms with van der Waals surface area (Å²) in [4.78, 5) is 2.43. The number of para-hydroxylation sites is 1. The molecule has 1 aromatic rings. The molecule has 0 radical (unpaired) electrons. The lowest BCUT2D eigenvalue weighted by Crippen LogP contribution is -2.27. The fraction of sp³-hybridized carbons (Fsp3) is 0.625. The third kappa shape index (κ3) is 3.43. The SMILES string of the molecule is CCC(N)Cc1cccc(Cl)c1N1CCC(C)(C)C1. The van der Waals surface area contributed by atoms with Crippen LogP contribution in [0.3, 0.4) is 0 Å². The molecule has 19 heavy (non-hydrogen) atoms. The Bertz CT molecular complexity index is 442. The molecule has 0 bridgehead atoms. The first-order chi connectivity index (χ1) is 8.93. The van der Waals surface area contributed by atoms with E-state index < -0.39 is 0 Å². The smallest absolute Gasteiger partial charge is 0.0642 e. The Balaban J connectivity index is 2.28. The van der Waals surface area contributed by atoms with Gasteiger partial charge in [0.05, 0.1) is 10.7 Å². The fourth-order valence-electron chi connectivity index (χ4n) is 2.81. The molecular formula is C16H25ClN2. The fourth-order valence-corrected chi connectivity index (χ4v) is 3.12. The normalized spacial score (nSPS) is 19.7. The third-order valence-corrected chi connectivity index (χ3v) is 4.38. The van der Waals surface area contributed by atoms with E-state index in [9.17, 15) is 0 Å². The molecule has 0 saturated carbocycles. The van der Waals surface area contributed by atoms with Gasteiger partial charge in [0, 0.05) is 19.1 Å². The number of benzene rings is 1. The summed E-state index contributed by atoms with van der Waals surface area (Å²) in [5, 5.41) is 0.860. The van der Waals surface area contributed by atoms with Gasteiger partial charge in [0.2, 0.25) is 0 Å². The van der Waals surface area contributed by atoms with Gasteiger partial charge in [0.25, 0.3) is 0 Å². The van der Waals surface area contributed by atoms with E-state index >= 15 is 0 Å². The average molecular weight is 281 g/mol. The lowest BCUT2D eigenvalue weighted by atomic mass is 9.93. The molecule has 0 amide bonds. The first kappa shape index (κ1) is 14.7. The molecule has 1 heterocycles. The highest BCUT2D eigenvalue weighted by molar-refractivity contribution is 6.33. The van der Waals surface area contributed by atoms with Gasteiger partial charge in [0.1, 0.15) is 0 Å². The molecule has 1 atom stereocenters. The molecule has 1 aliphatic heterocycles. The van der Waals surface area contributed by atoms with Crippen molar-refractivity contribution < 1.29 is 0 Å². The standard InChI is InChI=1S/C16H25ClN2/c1-4-13(18)10-12-6-5-7-14(17)15(12)19-9-8-16(2,3)11-19/h5-7,13H,4,8-11,18H2,1-3H3. The highest BCUT2D eigenvalue weighted by Gasteiger charge is 2.31. The second-order valence-electron chi connectivity index (χ2n) is 6.46. The predicted molar refractivity (Wildman–Crippen MR) is 84.0 cm³/mol. The maximum atomic E-state index is 6.45. The molecule has 3 heteroatoms. The molecule has 0 aromatic heterocycles. The van der Waals surface area contributed by atoms with Crippen molar-refractivity contribution in [3.8, 4) is 0 Å². The van der Waals surface area contributed by atoms with E-state index in [1.165, 1.54) is 17.7 Å². The lowest BCUT2D eigenvalue weighted by molar-refractivity contribution is 0.418. The van der Waals surface area contributed by atoms with Crippen molar-refractivity contribution in [1.29, 1.82) is 0 Å². The van der Waals surface area contributed by atoms with Crippen LogP contribution in [0.25, 0.3) is 0 Å². The highest BCUT2D eigenvalue weighted by atomic mass is 35.5. The Kier molecular flexibility index (Phi) is 4.42. The minimum absolute atomic E-state index is 0.216. The maximum Gasteiger partial charge on any atom is 0.0642 e. The number of hydrogen-bond acceptors (Lipinski definition) is 2. The van der Waals surface area contributed by atoms with Gasteiger partial charge >= 0.3 is 0 Å². The number of anilines is 1. The van der Waals surface area contributed by atoms with E-state index in [0.29, 0.717) is 5.41 Å². The molecule has 0 aliphatic carbocycles. The Morgan fingerprint density at radius 1 is 1.42 bits per heavy atom. The summed E-state index contributed by atoms with van der Waals surface area (Å²) >= 11 is 6.45. The first-order valence-corrected chi connectivity index (χ1v) is 7.58. The summed E-state index contributed by atoms with van der Waals surface area (Å²) in [7, 11) is 0. The van der Waals surface area contributed by atoms with Crippen molar-refractivity contribution in [3.05, 3.63) is 28.8 Å². The van der Waals surface area contributed by atoms with Crippen LogP contribution in [0.1, 0.15) is 39.2 Å². The van der Waals surface area contributed by atoms with Gasteiger partial charge in [-0.25, -0.2) is 0 Å². The summed E-state index contributed by atoms with van der Waals surface area (Å²) in [5.74, 6) is 0. The molecule has 1 aromatic carbocycles. The molecule has 2 nitrogen and oxygen atoms in total. The summed E-state index contributed by atoms with van der Waals surface area (Å²) in [6, 6.07) is 6.41. The maximum absolute atomic E-state index is 6.45. The van der Waals surface area contributed by atoms with Gasteiger partial charge in [-0.3, -0.25) is 0 Å². The molecule has 2 rings (SSSR count). The van der Waals surface area contributed by atoms with Crippen LogP contribution in [0.15, 0.2) is 18.2 Å². The molecule has 1 fully saturated rings. The zero-order valence-corrected chi connectivity index (χ0v) is 13.0. The zero-order chi connectivity index (χ0) is 14.0. The molecule has 1 saturated heterocycles. The van der Waals surface area contributed by atoms with Crippen LogP contribution < -0.4 is 10.6 Å². The van der Waals surface area contributed by atoms with Crippen LogP contribution in [-0.2, 0) is 6.42 Å². The van der Waals surface area contributed by atoms with Crippen LogP contribution in [-0.4, -0.2) is 19.1 Å². The average Bonchev–Trinajstić information content (AvgIpc) is 2.69. The Morgan fingerprint density at radius 2 is 2.16 bits per heavy atom. The topological polar surface area (TPSA) is 29.3 Å². The summed E-state index contributed by atoms with van der Waals surface area (Å²) in [6.45, 7) is 8.94. The Morgan fingerprint density at radius 3 is 2.74 bits per heavy atom. The van der Waals surface area contributed by atoms with Gasteiger partial charge in [-0.15, -0.1) is 0 Å². The molecule has 106 valence electrons. The van der Waals surface area contributed by atoms with Crippen LogP contribution in [0.4, 0.5) is 5.69 Å². The van der Waals surface area contributed by atoms with Gasteiger partial charge < -0.3 is 10.6 Å². The van der Waals surface area contributed by atoms with E-state index in [1.54, 1.807) is 0 Å². The van der Waals surface area contributed by atoms with Crippen LogP contribution in [0, 0.1) is 5.41 Å². The Labute approximate surface area is 121 Å². The van der Waals surface area contributed by atoms with Crippen LogP contribution >= 0.6 is 11.6 Å². The molecule has 1 unspecified atom stereocenters. The number of nitrogens with two attached hydrogens (primary N) is 1. The molecule has 2 N–H and O–H groups in total.